The van der Waals surface area contributed by atoms with E-state index in [1.807, 2.05) is 0 Å². The second kappa shape index (κ2) is 7.80. The number of benzene rings is 1. The van der Waals surface area contributed by atoms with Gasteiger partial charge in [0.1, 0.15) is 6.54 Å². The lowest BCUT2D eigenvalue weighted by atomic mass is 10.2. The lowest BCUT2D eigenvalue weighted by Gasteiger charge is -2.23. The molecule has 0 saturated heterocycles. The number of aliphatic hydroxyl groups is 1. The largest absolute Gasteiger partial charge is 1.00 e. The Kier molecular flexibility index (Phi) is 8.85. The summed E-state index contributed by atoms with van der Waals surface area (Å²) in [5.41, 5.74) is 1.40. The van der Waals surface area contributed by atoms with Crippen LogP contribution in [-0.2, 0) is 6.54 Å². The van der Waals surface area contributed by atoms with Crippen LogP contribution in [0.1, 0.15) is 5.56 Å². The molecule has 1 rings (SSSR count). The smallest absolute Gasteiger partial charge is 0.104 e. The van der Waals surface area contributed by atoms with Gasteiger partial charge in [0.25, 0.3) is 0 Å². The van der Waals surface area contributed by atoms with Gasteiger partial charge in [-0.15, -0.1) is 0 Å². The van der Waals surface area contributed by atoms with Crippen molar-refractivity contribution in [1.29, 1.82) is 0 Å². The predicted octanol–water partition coefficient (Wildman–Crippen LogP) is -1.49. The molecule has 0 heterocycles. The lowest BCUT2D eigenvalue weighted by Crippen LogP contribution is -3.00. The molecular formula is C11H20ClNO. The van der Waals surface area contributed by atoms with Gasteiger partial charge in [-0.1, -0.05) is 30.3 Å². The molecule has 0 unspecified atom stereocenters. The van der Waals surface area contributed by atoms with Gasteiger partial charge in [-0.25, -0.2) is 0 Å². The van der Waals surface area contributed by atoms with E-state index in [9.17, 15) is 0 Å². The third kappa shape index (κ3) is 8.05. The Morgan fingerprint density at radius 3 is 1.79 bits per heavy atom. The SMILES string of the molecule is CO.C[N+](C)(C)Cc1ccccc1.[Cl-]. The maximum atomic E-state index is 7.00. The first-order valence-corrected chi connectivity index (χ1v) is 4.37. The first-order valence-electron chi connectivity index (χ1n) is 4.37. The summed E-state index contributed by atoms with van der Waals surface area (Å²) in [6.07, 6.45) is 0. The molecule has 0 fully saturated rings. The van der Waals surface area contributed by atoms with Crippen LogP contribution in [-0.4, -0.2) is 37.8 Å². The van der Waals surface area contributed by atoms with Crippen molar-refractivity contribution in [2.45, 2.75) is 6.54 Å². The van der Waals surface area contributed by atoms with Crippen LogP contribution < -0.4 is 12.4 Å². The molecule has 0 aliphatic carbocycles. The zero-order valence-corrected chi connectivity index (χ0v) is 10.1. The normalized spacial score (nSPS) is 9.50. The van der Waals surface area contributed by atoms with Crippen molar-refractivity contribution in [1.82, 2.24) is 0 Å². The molecule has 0 spiro atoms. The van der Waals surface area contributed by atoms with Gasteiger partial charge in [-0.2, -0.15) is 0 Å². The van der Waals surface area contributed by atoms with Crippen LogP contribution in [0, 0.1) is 0 Å². The van der Waals surface area contributed by atoms with Crippen LogP contribution in [0.15, 0.2) is 30.3 Å². The first kappa shape index (κ1) is 15.9. The Balaban J connectivity index is 0. The number of nitrogens with zero attached hydrogens (tertiary/aromatic N) is 1. The molecule has 0 aromatic heterocycles. The summed E-state index contributed by atoms with van der Waals surface area (Å²) in [6.45, 7) is 1.10. The van der Waals surface area contributed by atoms with Crippen LogP contribution >= 0.6 is 0 Å². The van der Waals surface area contributed by atoms with Crippen LogP contribution in [0.5, 0.6) is 0 Å². The van der Waals surface area contributed by atoms with E-state index in [1.54, 1.807) is 0 Å². The Hall–Kier alpha value is -0.570. The third-order valence-electron chi connectivity index (χ3n) is 1.50. The van der Waals surface area contributed by atoms with Crippen molar-refractivity contribution in [3.05, 3.63) is 35.9 Å². The molecule has 0 amide bonds. The van der Waals surface area contributed by atoms with E-state index < -0.39 is 0 Å². The highest BCUT2D eigenvalue weighted by Gasteiger charge is 2.06. The fourth-order valence-corrected chi connectivity index (χ4v) is 1.13. The van der Waals surface area contributed by atoms with E-state index in [1.165, 1.54) is 5.56 Å². The molecule has 3 heteroatoms. The number of hydrogen-bond donors (Lipinski definition) is 1. The van der Waals surface area contributed by atoms with Gasteiger partial charge in [-0.3, -0.25) is 0 Å². The fourth-order valence-electron chi connectivity index (χ4n) is 1.13. The zero-order valence-electron chi connectivity index (χ0n) is 9.37. The molecule has 0 aliphatic heterocycles. The summed E-state index contributed by atoms with van der Waals surface area (Å²) in [4.78, 5) is 0. The summed E-state index contributed by atoms with van der Waals surface area (Å²) in [7, 11) is 7.60. The second-order valence-corrected chi connectivity index (χ2v) is 3.93. The fraction of sp³-hybridized carbons (Fsp3) is 0.455. The summed E-state index contributed by atoms with van der Waals surface area (Å²) in [5.74, 6) is 0. The standard InChI is InChI=1S/C10H16N.CH4O.ClH/c1-11(2,3)9-10-7-5-4-6-8-10;1-2;/h4-8H,9H2,1-3H3;2H,1H3;1H/q+1;;/p-1. The maximum Gasteiger partial charge on any atom is 0.104 e. The van der Waals surface area contributed by atoms with Gasteiger partial charge in [0.2, 0.25) is 0 Å². The molecule has 0 saturated carbocycles. The molecule has 14 heavy (non-hydrogen) atoms. The minimum Gasteiger partial charge on any atom is -1.00 e. The molecular weight excluding hydrogens is 198 g/mol. The van der Waals surface area contributed by atoms with E-state index >= 15 is 0 Å². The highest BCUT2D eigenvalue weighted by Crippen LogP contribution is 2.04. The monoisotopic (exact) mass is 217 g/mol. The van der Waals surface area contributed by atoms with Crippen molar-refractivity contribution in [2.24, 2.45) is 0 Å². The molecule has 0 aliphatic rings. The van der Waals surface area contributed by atoms with E-state index in [4.69, 9.17) is 5.11 Å². The van der Waals surface area contributed by atoms with Crippen molar-refractivity contribution in [3.8, 4) is 0 Å². The van der Waals surface area contributed by atoms with Gasteiger partial charge in [-0.05, 0) is 0 Å². The van der Waals surface area contributed by atoms with Crippen molar-refractivity contribution >= 4 is 0 Å². The van der Waals surface area contributed by atoms with E-state index in [2.05, 4.69) is 51.5 Å². The first-order chi connectivity index (χ1) is 6.08. The summed E-state index contributed by atoms with van der Waals surface area (Å²) >= 11 is 0. The molecule has 0 radical (unpaired) electrons. The number of hydrogen-bond acceptors (Lipinski definition) is 1. The van der Waals surface area contributed by atoms with Crippen LogP contribution in [0.2, 0.25) is 0 Å². The zero-order chi connectivity index (χ0) is 10.3. The van der Waals surface area contributed by atoms with Crippen LogP contribution in [0.4, 0.5) is 0 Å². The predicted molar refractivity (Wildman–Crippen MR) is 56.3 cm³/mol. The van der Waals surface area contributed by atoms with Gasteiger partial charge in [0, 0.05) is 12.7 Å². The van der Waals surface area contributed by atoms with Gasteiger partial charge in [0.15, 0.2) is 0 Å². The minimum absolute atomic E-state index is 0. The van der Waals surface area contributed by atoms with Crippen molar-refractivity contribution < 1.29 is 22.0 Å². The minimum atomic E-state index is 0. The highest BCUT2D eigenvalue weighted by molar-refractivity contribution is 5.13. The number of aliphatic hydroxyl groups excluding tert-OH is 1. The molecule has 82 valence electrons. The van der Waals surface area contributed by atoms with E-state index in [0.717, 1.165) is 18.1 Å². The number of quaternary nitrogens is 1. The summed E-state index contributed by atoms with van der Waals surface area (Å²) in [6, 6.07) is 10.6. The molecule has 2 nitrogen and oxygen atoms in total. The third-order valence-corrected chi connectivity index (χ3v) is 1.50. The van der Waals surface area contributed by atoms with Gasteiger partial charge < -0.3 is 22.0 Å². The summed E-state index contributed by atoms with van der Waals surface area (Å²) < 4.78 is 0.990. The molecule has 0 bridgehead atoms. The van der Waals surface area contributed by atoms with Crippen LogP contribution in [0.3, 0.4) is 0 Å². The van der Waals surface area contributed by atoms with Gasteiger partial charge in [0.05, 0.1) is 21.1 Å². The maximum absolute atomic E-state index is 7.00. The molecule has 0 atom stereocenters. The lowest BCUT2D eigenvalue weighted by molar-refractivity contribution is -0.884. The number of halogens is 1. The van der Waals surface area contributed by atoms with E-state index in [-0.39, 0.29) is 12.4 Å². The Labute approximate surface area is 93.2 Å². The van der Waals surface area contributed by atoms with Gasteiger partial charge >= 0.3 is 0 Å². The average molecular weight is 218 g/mol. The summed E-state index contributed by atoms with van der Waals surface area (Å²) in [5, 5.41) is 7.00. The van der Waals surface area contributed by atoms with Crippen LogP contribution in [0.25, 0.3) is 0 Å². The second-order valence-electron chi connectivity index (χ2n) is 3.93. The quantitative estimate of drug-likeness (QED) is 0.599. The van der Waals surface area contributed by atoms with E-state index in [0.29, 0.717) is 0 Å². The molecule has 1 aromatic carbocycles. The molecule has 1 aromatic rings. The van der Waals surface area contributed by atoms with Crippen molar-refractivity contribution in [3.63, 3.8) is 0 Å². The topological polar surface area (TPSA) is 20.2 Å². The Bertz CT molecular complexity index is 218. The Morgan fingerprint density at radius 2 is 1.43 bits per heavy atom. The van der Waals surface area contributed by atoms with Crippen molar-refractivity contribution in [2.75, 3.05) is 28.3 Å². The average Bonchev–Trinajstić information content (AvgIpc) is 2.07. The Morgan fingerprint density at radius 1 is 1.00 bits per heavy atom. The number of rotatable bonds is 2. The highest BCUT2D eigenvalue weighted by atomic mass is 35.5. The molecule has 1 N–H and O–H groups in total.